The number of likely N-dealkylation sites (N-methyl/N-ethyl adjacent to an activating group) is 1. The molecule has 0 aliphatic rings. The molecule has 0 radical (unpaired) electrons. The Bertz CT molecular complexity index is 420. The van der Waals surface area contributed by atoms with E-state index in [1.54, 1.807) is 11.3 Å². The Kier molecular flexibility index (Phi) is 5.94. The van der Waals surface area contributed by atoms with Gasteiger partial charge in [0, 0.05) is 11.4 Å². The molecular formula is C12H19N3O3S. The number of hydrogen-bond acceptors (Lipinski definition) is 5. The van der Waals surface area contributed by atoms with Crippen LogP contribution in [0.1, 0.15) is 17.3 Å². The van der Waals surface area contributed by atoms with Gasteiger partial charge in [0.2, 0.25) is 5.91 Å². The fraction of sp³-hybridized carbons (Fsp3) is 0.500. The van der Waals surface area contributed by atoms with Gasteiger partial charge in [-0.15, -0.1) is 11.3 Å². The summed E-state index contributed by atoms with van der Waals surface area (Å²) in [5.74, 6) is -1.52. The quantitative estimate of drug-likeness (QED) is 0.668. The molecule has 0 aliphatic carbocycles. The van der Waals surface area contributed by atoms with Crippen molar-refractivity contribution in [3.05, 3.63) is 22.4 Å². The number of carboxylic acids is 1. The number of carbonyl (C=O) groups excluding carboxylic acids is 1. The largest absolute Gasteiger partial charge is 0.481 e. The molecule has 0 aliphatic heterocycles. The first kappa shape index (κ1) is 15.6. The Labute approximate surface area is 116 Å². The van der Waals surface area contributed by atoms with Gasteiger partial charge in [0.15, 0.2) is 0 Å². The summed E-state index contributed by atoms with van der Waals surface area (Å²) >= 11 is 1.61. The second-order valence-corrected chi connectivity index (χ2v) is 5.42. The Hall–Kier alpha value is -1.44. The number of rotatable bonds is 7. The van der Waals surface area contributed by atoms with Crippen molar-refractivity contribution in [2.75, 3.05) is 20.6 Å². The van der Waals surface area contributed by atoms with Crippen LogP contribution in [0.4, 0.5) is 0 Å². The topological polar surface area (TPSA) is 95.7 Å². The van der Waals surface area contributed by atoms with Crippen molar-refractivity contribution in [3.8, 4) is 0 Å². The monoisotopic (exact) mass is 285 g/mol. The van der Waals surface area contributed by atoms with Gasteiger partial charge in [-0.2, -0.15) is 0 Å². The van der Waals surface area contributed by atoms with Crippen molar-refractivity contribution < 1.29 is 14.7 Å². The van der Waals surface area contributed by atoms with Crippen LogP contribution < -0.4 is 11.1 Å². The zero-order chi connectivity index (χ0) is 14.4. The van der Waals surface area contributed by atoms with Crippen LogP contribution >= 0.6 is 11.3 Å². The van der Waals surface area contributed by atoms with E-state index in [0.29, 0.717) is 6.54 Å². The minimum absolute atomic E-state index is 0.0565. The van der Waals surface area contributed by atoms with Crippen LogP contribution in [0.5, 0.6) is 0 Å². The number of nitrogens with zero attached hydrogens (tertiary/aromatic N) is 1. The van der Waals surface area contributed by atoms with E-state index in [0.717, 1.165) is 4.88 Å². The predicted octanol–water partition coefficient (Wildman–Crippen LogP) is 0.269. The summed E-state index contributed by atoms with van der Waals surface area (Å²) < 4.78 is 0. The van der Waals surface area contributed by atoms with Crippen molar-refractivity contribution in [2.24, 2.45) is 5.73 Å². The van der Waals surface area contributed by atoms with Crippen LogP contribution in [0.3, 0.4) is 0 Å². The van der Waals surface area contributed by atoms with Gasteiger partial charge < -0.3 is 21.1 Å². The number of nitrogens with one attached hydrogen (secondary N) is 1. The molecule has 1 heterocycles. The van der Waals surface area contributed by atoms with Crippen LogP contribution in [0.2, 0.25) is 0 Å². The highest BCUT2D eigenvalue weighted by Crippen LogP contribution is 2.22. The van der Waals surface area contributed by atoms with Crippen LogP contribution in [0, 0.1) is 0 Å². The highest BCUT2D eigenvalue weighted by Gasteiger charge is 2.20. The number of aliphatic carboxylic acids is 1. The van der Waals surface area contributed by atoms with E-state index < -0.39 is 17.9 Å². The molecule has 1 aromatic rings. The Balaban J connectivity index is 2.53. The highest BCUT2D eigenvalue weighted by atomic mass is 32.1. The molecular weight excluding hydrogens is 266 g/mol. The van der Waals surface area contributed by atoms with Gasteiger partial charge in [0.05, 0.1) is 18.5 Å². The molecule has 2 unspecified atom stereocenters. The Morgan fingerprint density at radius 2 is 2.21 bits per heavy atom. The fourth-order valence-electron chi connectivity index (χ4n) is 1.63. The van der Waals surface area contributed by atoms with Crippen molar-refractivity contribution in [2.45, 2.75) is 18.5 Å². The van der Waals surface area contributed by atoms with E-state index in [2.05, 4.69) is 5.32 Å². The minimum atomic E-state index is -1.08. The second-order valence-electron chi connectivity index (χ2n) is 4.44. The molecule has 19 heavy (non-hydrogen) atoms. The number of nitrogens with two attached hydrogens (primary N) is 1. The van der Waals surface area contributed by atoms with Gasteiger partial charge >= 0.3 is 5.97 Å². The molecule has 0 saturated carbocycles. The van der Waals surface area contributed by atoms with E-state index in [4.69, 9.17) is 10.8 Å². The third-order valence-corrected chi connectivity index (χ3v) is 3.67. The third-order valence-electron chi connectivity index (χ3n) is 2.70. The van der Waals surface area contributed by atoms with Gasteiger partial charge in [-0.25, -0.2) is 0 Å². The molecule has 4 N–H and O–H groups in total. The standard InChI is InChI=1S/C12H19N3O3S/c1-15(2)9(10-4-3-5-19-10)7-14-12(18)8(13)6-11(16)17/h3-5,8-9H,6-7,13H2,1-2H3,(H,14,18)(H,16,17). The maximum Gasteiger partial charge on any atom is 0.305 e. The maximum absolute atomic E-state index is 11.7. The summed E-state index contributed by atoms with van der Waals surface area (Å²) in [5.41, 5.74) is 5.50. The van der Waals surface area contributed by atoms with Crippen molar-refractivity contribution in [1.29, 1.82) is 0 Å². The van der Waals surface area contributed by atoms with Crippen LogP contribution in [-0.2, 0) is 9.59 Å². The van der Waals surface area contributed by atoms with E-state index in [1.807, 2.05) is 36.5 Å². The lowest BCUT2D eigenvalue weighted by atomic mass is 10.2. The minimum Gasteiger partial charge on any atom is -0.481 e. The molecule has 1 aromatic heterocycles. The Morgan fingerprint density at radius 3 is 2.68 bits per heavy atom. The fourth-order valence-corrected chi connectivity index (χ4v) is 2.55. The van der Waals surface area contributed by atoms with E-state index in [1.165, 1.54) is 0 Å². The summed E-state index contributed by atoms with van der Waals surface area (Å²) in [4.78, 5) is 25.3. The number of carbonyl (C=O) groups is 2. The molecule has 1 amide bonds. The first-order valence-corrected chi connectivity index (χ1v) is 6.74. The van der Waals surface area contributed by atoms with Gasteiger partial charge in [0.25, 0.3) is 0 Å². The summed E-state index contributed by atoms with van der Waals surface area (Å²) in [6.45, 7) is 0.402. The molecule has 6 nitrogen and oxygen atoms in total. The number of thiophene rings is 1. The van der Waals surface area contributed by atoms with Gasteiger partial charge in [-0.3, -0.25) is 9.59 Å². The lowest BCUT2D eigenvalue weighted by molar-refractivity contribution is -0.139. The lowest BCUT2D eigenvalue weighted by Gasteiger charge is -2.24. The third kappa shape index (κ3) is 4.98. The van der Waals surface area contributed by atoms with Crippen molar-refractivity contribution in [3.63, 3.8) is 0 Å². The lowest BCUT2D eigenvalue weighted by Crippen LogP contribution is -2.44. The van der Waals surface area contributed by atoms with Crippen LogP contribution in [0.15, 0.2) is 17.5 Å². The molecule has 2 atom stereocenters. The first-order chi connectivity index (χ1) is 8.91. The maximum atomic E-state index is 11.7. The van der Waals surface area contributed by atoms with E-state index in [9.17, 15) is 9.59 Å². The van der Waals surface area contributed by atoms with Gasteiger partial charge in [-0.1, -0.05) is 6.07 Å². The first-order valence-electron chi connectivity index (χ1n) is 5.86. The zero-order valence-corrected chi connectivity index (χ0v) is 11.8. The molecule has 0 bridgehead atoms. The normalized spacial score (nSPS) is 14.1. The average Bonchev–Trinajstić information content (AvgIpc) is 2.81. The smallest absolute Gasteiger partial charge is 0.305 e. The molecule has 106 valence electrons. The average molecular weight is 285 g/mol. The molecule has 0 aromatic carbocycles. The van der Waals surface area contributed by atoms with Gasteiger partial charge in [-0.05, 0) is 25.5 Å². The highest BCUT2D eigenvalue weighted by molar-refractivity contribution is 7.10. The number of amides is 1. The molecule has 7 heteroatoms. The number of hydrogen-bond donors (Lipinski definition) is 3. The second kappa shape index (κ2) is 7.22. The van der Waals surface area contributed by atoms with Crippen LogP contribution in [0.25, 0.3) is 0 Å². The molecule has 0 fully saturated rings. The van der Waals surface area contributed by atoms with Crippen molar-refractivity contribution in [1.82, 2.24) is 10.2 Å². The summed E-state index contributed by atoms with van der Waals surface area (Å²) in [5, 5.41) is 13.3. The van der Waals surface area contributed by atoms with E-state index >= 15 is 0 Å². The van der Waals surface area contributed by atoms with Crippen LogP contribution in [-0.4, -0.2) is 48.6 Å². The number of carboxylic acid groups (broad SMARTS) is 1. The summed E-state index contributed by atoms with van der Waals surface area (Å²) in [6, 6.07) is 3.00. The zero-order valence-electron chi connectivity index (χ0n) is 11.0. The van der Waals surface area contributed by atoms with E-state index in [-0.39, 0.29) is 12.5 Å². The summed E-state index contributed by atoms with van der Waals surface area (Å²) in [6.07, 6.45) is -0.364. The SMILES string of the molecule is CN(C)C(CNC(=O)C(N)CC(=O)O)c1cccs1. The summed E-state index contributed by atoms with van der Waals surface area (Å²) in [7, 11) is 3.85. The predicted molar refractivity (Wildman–Crippen MR) is 74.0 cm³/mol. The van der Waals surface area contributed by atoms with Crippen molar-refractivity contribution >= 4 is 23.2 Å². The Morgan fingerprint density at radius 1 is 1.53 bits per heavy atom. The molecule has 0 saturated heterocycles. The van der Waals surface area contributed by atoms with Gasteiger partial charge in [0.1, 0.15) is 0 Å². The molecule has 1 rings (SSSR count). The molecule has 0 spiro atoms.